The van der Waals surface area contributed by atoms with E-state index in [2.05, 4.69) is 15.4 Å². The first-order chi connectivity index (χ1) is 12.8. The van der Waals surface area contributed by atoms with Crippen molar-refractivity contribution in [1.29, 1.82) is 0 Å². The van der Waals surface area contributed by atoms with E-state index < -0.39 is 10.0 Å². The SMILES string of the molecule is Cc1ccc(NS(=O)(=O)c2ccc(C)c(C(=O)N[C@H]3CCCNC3)c2)cc1.Cl. The Bertz CT molecular complexity index is 924. The molecule has 1 amide bonds. The first-order valence-corrected chi connectivity index (χ1v) is 10.6. The monoisotopic (exact) mass is 423 g/mol. The Morgan fingerprint density at radius 1 is 1.11 bits per heavy atom. The van der Waals surface area contributed by atoms with Crippen molar-refractivity contribution in [2.75, 3.05) is 17.8 Å². The van der Waals surface area contributed by atoms with E-state index in [0.29, 0.717) is 11.3 Å². The Morgan fingerprint density at radius 2 is 1.82 bits per heavy atom. The number of benzene rings is 2. The molecule has 1 heterocycles. The zero-order valence-corrected chi connectivity index (χ0v) is 17.6. The Kier molecular flexibility index (Phi) is 7.46. The summed E-state index contributed by atoms with van der Waals surface area (Å²) in [6.45, 7) is 5.43. The smallest absolute Gasteiger partial charge is 0.261 e. The van der Waals surface area contributed by atoms with Gasteiger partial charge in [0.25, 0.3) is 15.9 Å². The van der Waals surface area contributed by atoms with Crippen LogP contribution in [0.15, 0.2) is 47.4 Å². The molecule has 0 aliphatic carbocycles. The number of sulfonamides is 1. The van der Waals surface area contributed by atoms with E-state index in [4.69, 9.17) is 0 Å². The minimum absolute atomic E-state index is 0. The molecule has 2 aromatic rings. The molecule has 3 N–H and O–H groups in total. The molecule has 0 aromatic heterocycles. The zero-order valence-electron chi connectivity index (χ0n) is 16.0. The molecule has 8 heteroatoms. The van der Waals surface area contributed by atoms with E-state index in [0.717, 1.165) is 37.1 Å². The van der Waals surface area contributed by atoms with Crippen molar-refractivity contribution in [1.82, 2.24) is 10.6 Å². The number of aryl methyl sites for hydroxylation is 2. The molecule has 1 fully saturated rings. The largest absolute Gasteiger partial charge is 0.348 e. The summed E-state index contributed by atoms with van der Waals surface area (Å²) in [5.74, 6) is -0.242. The van der Waals surface area contributed by atoms with Gasteiger partial charge in [0.05, 0.1) is 4.90 Å². The second kappa shape index (κ2) is 9.41. The van der Waals surface area contributed by atoms with Gasteiger partial charge >= 0.3 is 0 Å². The number of hydrogen-bond donors (Lipinski definition) is 3. The molecule has 0 bridgehead atoms. The van der Waals surface area contributed by atoms with Crippen LogP contribution in [0.2, 0.25) is 0 Å². The van der Waals surface area contributed by atoms with Crippen LogP contribution in [-0.2, 0) is 10.0 Å². The number of anilines is 1. The highest BCUT2D eigenvalue weighted by atomic mass is 35.5. The summed E-state index contributed by atoms with van der Waals surface area (Å²) < 4.78 is 28.0. The highest BCUT2D eigenvalue weighted by Crippen LogP contribution is 2.20. The number of hydrogen-bond acceptors (Lipinski definition) is 4. The van der Waals surface area contributed by atoms with Gasteiger partial charge in [-0.05, 0) is 63.1 Å². The van der Waals surface area contributed by atoms with Crippen LogP contribution in [0.1, 0.15) is 34.3 Å². The number of piperidine rings is 1. The minimum atomic E-state index is -3.77. The van der Waals surface area contributed by atoms with Crippen molar-refractivity contribution in [2.45, 2.75) is 37.6 Å². The van der Waals surface area contributed by atoms with Crippen molar-refractivity contribution in [3.8, 4) is 0 Å². The second-order valence-corrected chi connectivity index (χ2v) is 8.65. The van der Waals surface area contributed by atoms with Crippen molar-refractivity contribution in [3.05, 3.63) is 59.2 Å². The summed E-state index contributed by atoms with van der Waals surface area (Å²) in [4.78, 5) is 12.7. The van der Waals surface area contributed by atoms with Gasteiger partial charge in [-0.15, -0.1) is 12.4 Å². The summed E-state index contributed by atoms with van der Waals surface area (Å²) in [5, 5.41) is 6.25. The molecule has 2 aromatic carbocycles. The predicted molar refractivity (Wildman–Crippen MR) is 114 cm³/mol. The maximum absolute atomic E-state index is 12.7. The lowest BCUT2D eigenvalue weighted by molar-refractivity contribution is 0.0930. The van der Waals surface area contributed by atoms with Gasteiger partial charge in [0.2, 0.25) is 0 Å². The Morgan fingerprint density at radius 3 is 2.46 bits per heavy atom. The highest BCUT2D eigenvalue weighted by Gasteiger charge is 2.21. The molecular formula is C20H26ClN3O3S. The third-order valence-corrected chi connectivity index (χ3v) is 6.08. The number of nitrogens with one attached hydrogen (secondary N) is 3. The van der Waals surface area contributed by atoms with Crippen LogP contribution in [0, 0.1) is 13.8 Å². The lowest BCUT2D eigenvalue weighted by atomic mass is 10.1. The van der Waals surface area contributed by atoms with Gasteiger partial charge < -0.3 is 10.6 Å². The van der Waals surface area contributed by atoms with Gasteiger partial charge in [-0.2, -0.15) is 0 Å². The van der Waals surface area contributed by atoms with Gasteiger partial charge in [0, 0.05) is 23.8 Å². The lowest BCUT2D eigenvalue weighted by Crippen LogP contribution is -2.45. The predicted octanol–water partition coefficient (Wildman–Crippen LogP) is 3.01. The number of carbonyl (C=O) groups excluding carboxylic acids is 1. The van der Waals surface area contributed by atoms with E-state index in [9.17, 15) is 13.2 Å². The molecule has 28 heavy (non-hydrogen) atoms. The molecule has 152 valence electrons. The maximum atomic E-state index is 12.7. The summed E-state index contributed by atoms with van der Waals surface area (Å²) in [6, 6.07) is 11.8. The van der Waals surface area contributed by atoms with Crippen LogP contribution >= 0.6 is 12.4 Å². The molecule has 3 rings (SSSR count). The summed E-state index contributed by atoms with van der Waals surface area (Å²) >= 11 is 0. The van der Waals surface area contributed by atoms with Gasteiger partial charge in [-0.1, -0.05) is 23.8 Å². The van der Waals surface area contributed by atoms with Gasteiger partial charge in [0.1, 0.15) is 0 Å². The van der Waals surface area contributed by atoms with E-state index in [1.165, 1.54) is 12.1 Å². The second-order valence-electron chi connectivity index (χ2n) is 6.96. The average Bonchev–Trinajstić information content (AvgIpc) is 2.64. The van der Waals surface area contributed by atoms with Gasteiger partial charge in [-0.3, -0.25) is 9.52 Å². The molecule has 0 saturated carbocycles. The zero-order chi connectivity index (χ0) is 19.4. The fourth-order valence-electron chi connectivity index (χ4n) is 3.09. The Hall–Kier alpha value is -2.09. The fourth-order valence-corrected chi connectivity index (χ4v) is 4.17. The van der Waals surface area contributed by atoms with Crippen LogP contribution < -0.4 is 15.4 Å². The number of halogens is 1. The lowest BCUT2D eigenvalue weighted by Gasteiger charge is -2.24. The van der Waals surface area contributed by atoms with E-state index in [1.807, 2.05) is 19.1 Å². The average molecular weight is 424 g/mol. The topological polar surface area (TPSA) is 87.3 Å². The number of rotatable bonds is 5. The molecule has 1 atom stereocenters. The summed E-state index contributed by atoms with van der Waals surface area (Å²) in [7, 11) is -3.77. The summed E-state index contributed by atoms with van der Waals surface area (Å²) in [5.41, 5.74) is 2.66. The van der Waals surface area contributed by atoms with E-state index >= 15 is 0 Å². The summed E-state index contributed by atoms with van der Waals surface area (Å²) in [6.07, 6.45) is 1.93. The molecule has 6 nitrogen and oxygen atoms in total. The van der Waals surface area contributed by atoms with Crippen LogP contribution in [-0.4, -0.2) is 33.5 Å². The van der Waals surface area contributed by atoms with Crippen LogP contribution in [0.25, 0.3) is 0 Å². The van der Waals surface area contributed by atoms with Crippen LogP contribution in [0.5, 0.6) is 0 Å². The molecule has 0 spiro atoms. The third kappa shape index (κ3) is 5.47. The Labute approximate surface area is 172 Å². The maximum Gasteiger partial charge on any atom is 0.261 e. The first kappa shape index (κ1) is 22.2. The van der Waals surface area contributed by atoms with Crippen LogP contribution in [0.3, 0.4) is 0 Å². The molecule has 0 unspecified atom stereocenters. The highest BCUT2D eigenvalue weighted by molar-refractivity contribution is 7.92. The third-order valence-electron chi connectivity index (χ3n) is 4.70. The molecule has 1 saturated heterocycles. The molecule has 1 aliphatic rings. The minimum Gasteiger partial charge on any atom is -0.348 e. The fraction of sp³-hybridized carbons (Fsp3) is 0.350. The van der Waals surface area contributed by atoms with E-state index in [-0.39, 0.29) is 29.3 Å². The van der Waals surface area contributed by atoms with Crippen LogP contribution in [0.4, 0.5) is 5.69 Å². The van der Waals surface area contributed by atoms with Crippen molar-refractivity contribution >= 4 is 34.0 Å². The first-order valence-electron chi connectivity index (χ1n) is 9.07. The van der Waals surface area contributed by atoms with Gasteiger partial charge in [0.15, 0.2) is 0 Å². The van der Waals surface area contributed by atoms with Crippen molar-refractivity contribution < 1.29 is 13.2 Å². The number of carbonyl (C=O) groups is 1. The normalized spacial score (nSPS) is 16.7. The molecule has 0 radical (unpaired) electrons. The number of amides is 1. The standard InChI is InChI=1S/C20H25N3O3S.ClH/c1-14-5-8-16(9-6-14)23-27(25,26)18-10-7-15(2)19(12-18)20(24)22-17-4-3-11-21-13-17;/h5-10,12,17,21,23H,3-4,11,13H2,1-2H3,(H,22,24);1H/t17-;/m0./s1. The molecular weight excluding hydrogens is 398 g/mol. The van der Waals surface area contributed by atoms with Gasteiger partial charge in [-0.25, -0.2) is 8.42 Å². The van der Waals surface area contributed by atoms with E-state index in [1.54, 1.807) is 25.1 Å². The Balaban J connectivity index is 0.00000280. The molecule has 1 aliphatic heterocycles. The van der Waals surface area contributed by atoms with Crippen molar-refractivity contribution in [3.63, 3.8) is 0 Å². The quantitative estimate of drug-likeness (QED) is 0.689. The van der Waals surface area contributed by atoms with Crippen molar-refractivity contribution in [2.24, 2.45) is 0 Å².